The Balaban J connectivity index is 2.56. The van der Waals surface area contributed by atoms with E-state index in [1.807, 2.05) is 24.3 Å². The third kappa shape index (κ3) is 2.51. The molecule has 0 aliphatic rings. The summed E-state index contributed by atoms with van der Waals surface area (Å²) in [6, 6.07) is 9.24. The summed E-state index contributed by atoms with van der Waals surface area (Å²) in [4.78, 5) is 12.8. The van der Waals surface area contributed by atoms with Crippen LogP contribution in [0.25, 0.3) is 10.4 Å². The number of nitrogens with one attached hydrogen (secondary N) is 2. The van der Waals surface area contributed by atoms with Crippen molar-refractivity contribution in [1.29, 1.82) is 5.41 Å². The minimum Gasteiger partial charge on any atom is -0.390 e. The Hall–Kier alpha value is -2.14. The Morgan fingerprint density at radius 1 is 1.32 bits per heavy atom. The van der Waals surface area contributed by atoms with E-state index in [4.69, 9.17) is 11.1 Å². The van der Waals surface area contributed by atoms with Gasteiger partial charge in [0.15, 0.2) is 0 Å². The van der Waals surface area contributed by atoms with Gasteiger partial charge in [0.1, 0.15) is 0 Å². The van der Waals surface area contributed by atoms with Crippen molar-refractivity contribution < 1.29 is 4.79 Å². The molecule has 4 nitrogen and oxygen atoms in total. The van der Waals surface area contributed by atoms with E-state index in [-0.39, 0.29) is 5.91 Å². The Labute approximate surface area is 115 Å². The molecule has 4 N–H and O–H groups in total. The molecule has 2 rings (SSSR count). The Bertz CT molecular complexity index is 646. The summed E-state index contributed by atoms with van der Waals surface area (Å²) < 4.78 is 0. The Morgan fingerprint density at radius 2 is 2.00 bits per heavy atom. The molecule has 0 aliphatic carbocycles. The average Bonchev–Trinajstić information content (AvgIpc) is 2.80. The van der Waals surface area contributed by atoms with E-state index >= 15 is 0 Å². The molecule has 0 fully saturated rings. The van der Waals surface area contributed by atoms with Crippen molar-refractivity contribution in [1.82, 2.24) is 5.32 Å². The number of hydrogen-bond acceptors (Lipinski definition) is 4. The summed E-state index contributed by atoms with van der Waals surface area (Å²) in [5.74, 6) is -0.129. The summed E-state index contributed by atoms with van der Waals surface area (Å²) in [7, 11) is 1.61. The highest BCUT2D eigenvalue weighted by Crippen LogP contribution is 2.35. The number of hydrogen-bond donors (Lipinski definition) is 3. The first-order valence-electron chi connectivity index (χ1n) is 5.81. The van der Waals surface area contributed by atoms with Gasteiger partial charge in [-0.2, -0.15) is 0 Å². The second kappa shape index (κ2) is 5.24. The average molecular weight is 273 g/mol. The minimum atomic E-state index is -0.129. The highest BCUT2D eigenvalue weighted by atomic mass is 32.1. The summed E-state index contributed by atoms with van der Waals surface area (Å²) in [6.07, 6.45) is 0. The smallest absolute Gasteiger partial charge is 0.251 e. The molecular weight excluding hydrogens is 258 g/mol. The number of carbonyl (C=O) groups is 1. The van der Waals surface area contributed by atoms with Crippen LogP contribution in [0.4, 0.5) is 5.00 Å². The molecule has 0 atom stereocenters. The maximum Gasteiger partial charge on any atom is 0.251 e. The highest BCUT2D eigenvalue weighted by Gasteiger charge is 2.15. The van der Waals surface area contributed by atoms with E-state index < -0.39 is 0 Å². The minimum absolute atomic E-state index is 0.129. The van der Waals surface area contributed by atoms with Crippen molar-refractivity contribution in [3.63, 3.8) is 0 Å². The van der Waals surface area contributed by atoms with Gasteiger partial charge in [-0.05, 0) is 19.1 Å². The van der Waals surface area contributed by atoms with E-state index in [0.29, 0.717) is 16.3 Å². The molecule has 0 spiro atoms. The lowest BCUT2D eigenvalue weighted by Crippen LogP contribution is -2.18. The molecule has 19 heavy (non-hydrogen) atoms. The second-order valence-electron chi connectivity index (χ2n) is 4.14. The molecule has 0 unspecified atom stereocenters. The molecule has 1 aromatic heterocycles. The van der Waals surface area contributed by atoms with Crippen LogP contribution in [-0.4, -0.2) is 18.7 Å². The first-order chi connectivity index (χ1) is 9.04. The van der Waals surface area contributed by atoms with Crippen molar-refractivity contribution in [3.05, 3.63) is 41.5 Å². The van der Waals surface area contributed by atoms with Crippen molar-refractivity contribution in [2.24, 2.45) is 0 Å². The number of carbonyl (C=O) groups excluding carboxylic acids is 1. The van der Waals surface area contributed by atoms with Gasteiger partial charge in [0.05, 0.1) is 5.00 Å². The molecule has 0 saturated carbocycles. The van der Waals surface area contributed by atoms with E-state index in [1.165, 1.54) is 11.3 Å². The van der Waals surface area contributed by atoms with E-state index in [9.17, 15) is 4.79 Å². The zero-order valence-electron chi connectivity index (χ0n) is 10.8. The van der Waals surface area contributed by atoms with Crippen molar-refractivity contribution >= 4 is 28.0 Å². The standard InChI is InChI=1S/C14H15N3OS/c1-8(15)11-7-12(19-13(11)16)9-5-3-4-6-10(9)14(18)17-2/h3-7,15H,16H2,1-2H3,(H,17,18). The predicted molar refractivity (Wildman–Crippen MR) is 80.1 cm³/mol. The molecule has 2 aromatic rings. The molecule has 0 saturated heterocycles. The van der Waals surface area contributed by atoms with Crippen LogP contribution >= 0.6 is 11.3 Å². The van der Waals surface area contributed by atoms with Crippen LogP contribution in [-0.2, 0) is 0 Å². The maximum absolute atomic E-state index is 11.9. The molecule has 0 bridgehead atoms. The number of benzene rings is 1. The van der Waals surface area contributed by atoms with Gasteiger partial charge in [0.2, 0.25) is 0 Å². The van der Waals surface area contributed by atoms with Crippen LogP contribution < -0.4 is 11.1 Å². The third-order valence-corrected chi connectivity index (χ3v) is 3.83. The zero-order valence-corrected chi connectivity index (χ0v) is 11.6. The SMILES string of the molecule is CNC(=O)c1ccccc1-c1cc(C(C)=N)c(N)s1. The van der Waals surface area contributed by atoms with Gasteiger partial charge in [-0.15, -0.1) is 11.3 Å². The first-order valence-corrected chi connectivity index (χ1v) is 6.62. The molecule has 98 valence electrons. The fourth-order valence-electron chi connectivity index (χ4n) is 1.86. The first kappa shape index (κ1) is 13.3. The zero-order chi connectivity index (χ0) is 14.0. The topological polar surface area (TPSA) is 79.0 Å². The Kier molecular flexibility index (Phi) is 3.66. The van der Waals surface area contributed by atoms with Crippen LogP contribution in [0.1, 0.15) is 22.8 Å². The Morgan fingerprint density at radius 3 is 2.58 bits per heavy atom. The van der Waals surface area contributed by atoms with E-state index in [2.05, 4.69) is 5.32 Å². The van der Waals surface area contributed by atoms with Gasteiger partial charge in [-0.25, -0.2) is 0 Å². The van der Waals surface area contributed by atoms with Crippen molar-refractivity contribution in [2.75, 3.05) is 12.8 Å². The molecule has 1 aromatic carbocycles. The molecule has 5 heteroatoms. The van der Waals surface area contributed by atoms with Crippen LogP contribution in [0, 0.1) is 5.41 Å². The highest BCUT2D eigenvalue weighted by molar-refractivity contribution is 7.19. The summed E-state index contributed by atoms with van der Waals surface area (Å²) in [5, 5.41) is 10.9. The van der Waals surface area contributed by atoms with Crippen molar-refractivity contribution in [2.45, 2.75) is 6.92 Å². The maximum atomic E-state index is 11.9. The lowest BCUT2D eigenvalue weighted by atomic mass is 10.0. The third-order valence-electron chi connectivity index (χ3n) is 2.83. The van der Waals surface area contributed by atoms with Crippen molar-refractivity contribution in [3.8, 4) is 10.4 Å². The number of nitrogen functional groups attached to an aromatic ring is 1. The molecular formula is C14H15N3OS. The quantitative estimate of drug-likeness (QED) is 0.752. The largest absolute Gasteiger partial charge is 0.390 e. The normalized spacial score (nSPS) is 10.2. The monoisotopic (exact) mass is 273 g/mol. The summed E-state index contributed by atoms with van der Waals surface area (Å²) in [6.45, 7) is 1.70. The number of thiophene rings is 1. The molecule has 1 heterocycles. The van der Waals surface area contributed by atoms with Gasteiger partial charge in [-0.3, -0.25) is 4.79 Å². The van der Waals surface area contributed by atoms with Gasteiger partial charge in [0, 0.05) is 34.3 Å². The number of nitrogens with two attached hydrogens (primary N) is 1. The van der Waals surface area contributed by atoms with Gasteiger partial charge in [0.25, 0.3) is 5.91 Å². The van der Waals surface area contributed by atoms with Gasteiger partial charge < -0.3 is 16.5 Å². The van der Waals surface area contributed by atoms with E-state index in [1.54, 1.807) is 20.0 Å². The van der Waals surface area contributed by atoms with Gasteiger partial charge >= 0.3 is 0 Å². The predicted octanol–water partition coefficient (Wildman–Crippen LogP) is 2.74. The fraction of sp³-hybridized carbons (Fsp3) is 0.143. The molecule has 0 radical (unpaired) electrons. The number of anilines is 1. The molecule has 0 aliphatic heterocycles. The van der Waals surface area contributed by atoms with E-state index in [0.717, 1.165) is 16.0 Å². The number of rotatable bonds is 3. The molecule has 1 amide bonds. The summed E-state index contributed by atoms with van der Waals surface area (Å²) in [5.41, 5.74) is 8.52. The number of amides is 1. The van der Waals surface area contributed by atoms with Crippen LogP contribution in [0.5, 0.6) is 0 Å². The lowest BCUT2D eigenvalue weighted by Gasteiger charge is -2.05. The van der Waals surface area contributed by atoms with Crippen LogP contribution in [0.15, 0.2) is 30.3 Å². The lowest BCUT2D eigenvalue weighted by molar-refractivity contribution is 0.0964. The summed E-state index contributed by atoms with van der Waals surface area (Å²) >= 11 is 1.39. The van der Waals surface area contributed by atoms with Gasteiger partial charge in [-0.1, -0.05) is 18.2 Å². The van der Waals surface area contributed by atoms with Crippen LogP contribution in [0.3, 0.4) is 0 Å². The fourth-order valence-corrected chi connectivity index (χ4v) is 2.89. The second-order valence-corrected chi connectivity index (χ2v) is 5.22. The van der Waals surface area contributed by atoms with Crippen LogP contribution in [0.2, 0.25) is 0 Å².